The van der Waals surface area contributed by atoms with Gasteiger partial charge in [0.2, 0.25) is 5.91 Å². The van der Waals surface area contributed by atoms with E-state index in [1.807, 2.05) is 6.07 Å². The van der Waals surface area contributed by atoms with Crippen LogP contribution in [0.4, 0.5) is 0 Å². The van der Waals surface area contributed by atoms with Crippen LogP contribution in [-0.4, -0.2) is 43.5 Å². The smallest absolute Gasteiger partial charge is 0.234 e. The number of thiophene rings is 1. The Kier molecular flexibility index (Phi) is 6.21. The molecule has 1 saturated heterocycles. The average molecular weight is 309 g/mol. The lowest BCUT2D eigenvalue weighted by Crippen LogP contribution is -2.46. The monoisotopic (exact) mass is 309 g/mol. The van der Waals surface area contributed by atoms with Gasteiger partial charge >= 0.3 is 0 Å². The lowest BCUT2D eigenvalue weighted by atomic mass is 10.0. The number of hydrogen-bond acceptors (Lipinski definition) is 4. The number of nitrogens with zero attached hydrogens (tertiary/aromatic N) is 1. The molecule has 1 fully saturated rings. The highest BCUT2D eigenvalue weighted by molar-refractivity contribution is 7.10. The Morgan fingerprint density at radius 2 is 2.19 bits per heavy atom. The van der Waals surface area contributed by atoms with Crippen molar-refractivity contribution < 1.29 is 4.79 Å². The highest BCUT2D eigenvalue weighted by Crippen LogP contribution is 2.25. The summed E-state index contributed by atoms with van der Waals surface area (Å²) in [6.07, 6.45) is 2.25. The van der Waals surface area contributed by atoms with E-state index in [-0.39, 0.29) is 11.9 Å². The molecule has 118 valence electrons. The molecule has 1 amide bonds. The standard InChI is InChI=1S/C16H27N3OS/c1-12(2)16(14-5-4-10-21-14)18-15(20)11-19(3)13-6-8-17-9-7-13/h4-5,10,12-13,16-17H,6-9,11H2,1-3H3,(H,18,20). The second-order valence-electron chi connectivity index (χ2n) is 6.20. The van der Waals surface area contributed by atoms with Crippen LogP contribution >= 0.6 is 11.3 Å². The van der Waals surface area contributed by atoms with E-state index in [1.54, 1.807) is 11.3 Å². The molecule has 1 aliphatic heterocycles. The Labute approximate surface area is 131 Å². The summed E-state index contributed by atoms with van der Waals surface area (Å²) in [4.78, 5) is 15.8. The lowest BCUT2D eigenvalue weighted by Gasteiger charge is -2.31. The number of nitrogens with one attached hydrogen (secondary N) is 2. The maximum atomic E-state index is 12.3. The predicted molar refractivity (Wildman–Crippen MR) is 88.6 cm³/mol. The SMILES string of the molecule is CC(C)C(NC(=O)CN(C)C1CCNCC1)c1cccs1. The number of piperidine rings is 1. The zero-order valence-corrected chi connectivity index (χ0v) is 14.1. The first-order chi connectivity index (χ1) is 10.1. The van der Waals surface area contributed by atoms with Crippen LogP contribution in [0.15, 0.2) is 17.5 Å². The van der Waals surface area contributed by atoms with Gasteiger partial charge in [-0.15, -0.1) is 11.3 Å². The number of hydrogen-bond donors (Lipinski definition) is 2. The van der Waals surface area contributed by atoms with Gasteiger partial charge in [-0.2, -0.15) is 0 Å². The van der Waals surface area contributed by atoms with Crippen molar-refractivity contribution in [2.24, 2.45) is 5.92 Å². The van der Waals surface area contributed by atoms with Gasteiger partial charge < -0.3 is 10.6 Å². The van der Waals surface area contributed by atoms with E-state index >= 15 is 0 Å². The van der Waals surface area contributed by atoms with Crippen LogP contribution < -0.4 is 10.6 Å². The zero-order chi connectivity index (χ0) is 15.2. The van der Waals surface area contributed by atoms with Gasteiger partial charge in [-0.05, 0) is 50.3 Å². The first-order valence-electron chi connectivity index (χ1n) is 7.81. The van der Waals surface area contributed by atoms with E-state index in [0.29, 0.717) is 18.5 Å². The van der Waals surface area contributed by atoms with E-state index in [4.69, 9.17) is 0 Å². The molecule has 4 nitrogen and oxygen atoms in total. The summed E-state index contributed by atoms with van der Waals surface area (Å²) < 4.78 is 0. The first kappa shape index (κ1) is 16.5. The molecule has 1 atom stereocenters. The molecule has 1 unspecified atom stereocenters. The second kappa shape index (κ2) is 7.92. The normalized spacial score (nSPS) is 18.1. The number of carbonyl (C=O) groups excluding carboxylic acids is 1. The van der Waals surface area contributed by atoms with Crippen molar-refractivity contribution in [1.29, 1.82) is 0 Å². The molecule has 0 aromatic carbocycles. The molecule has 0 radical (unpaired) electrons. The quantitative estimate of drug-likeness (QED) is 0.847. The van der Waals surface area contributed by atoms with Gasteiger partial charge in [-0.25, -0.2) is 0 Å². The highest BCUT2D eigenvalue weighted by Gasteiger charge is 2.23. The number of rotatable bonds is 6. The molecule has 1 aromatic rings. The maximum Gasteiger partial charge on any atom is 0.234 e. The summed E-state index contributed by atoms with van der Waals surface area (Å²) in [5.41, 5.74) is 0. The summed E-state index contributed by atoms with van der Waals surface area (Å²) >= 11 is 1.71. The minimum Gasteiger partial charge on any atom is -0.347 e. The molecular weight excluding hydrogens is 282 g/mol. The molecule has 1 aliphatic rings. The van der Waals surface area contributed by atoms with Crippen LogP contribution in [0, 0.1) is 5.92 Å². The summed E-state index contributed by atoms with van der Waals surface area (Å²) in [7, 11) is 2.06. The fourth-order valence-electron chi connectivity index (χ4n) is 2.86. The third-order valence-electron chi connectivity index (χ3n) is 4.16. The summed E-state index contributed by atoms with van der Waals surface area (Å²) in [5, 5.41) is 8.63. The topological polar surface area (TPSA) is 44.4 Å². The van der Waals surface area contributed by atoms with Crippen molar-refractivity contribution in [1.82, 2.24) is 15.5 Å². The Morgan fingerprint density at radius 3 is 2.76 bits per heavy atom. The molecule has 2 rings (SSSR count). The number of amides is 1. The van der Waals surface area contributed by atoms with Gasteiger partial charge in [0.25, 0.3) is 0 Å². The third kappa shape index (κ3) is 4.80. The Morgan fingerprint density at radius 1 is 1.48 bits per heavy atom. The van der Waals surface area contributed by atoms with E-state index in [2.05, 4.69) is 47.9 Å². The fourth-order valence-corrected chi connectivity index (χ4v) is 3.81. The van der Waals surface area contributed by atoms with Crippen molar-refractivity contribution in [2.45, 2.75) is 38.8 Å². The highest BCUT2D eigenvalue weighted by atomic mass is 32.1. The molecular formula is C16H27N3OS. The van der Waals surface area contributed by atoms with Crippen LogP contribution in [0.3, 0.4) is 0 Å². The van der Waals surface area contributed by atoms with E-state index in [9.17, 15) is 4.79 Å². The fraction of sp³-hybridized carbons (Fsp3) is 0.688. The second-order valence-corrected chi connectivity index (χ2v) is 7.18. The summed E-state index contributed by atoms with van der Waals surface area (Å²) in [6, 6.07) is 4.80. The first-order valence-corrected chi connectivity index (χ1v) is 8.69. The molecule has 2 heterocycles. The summed E-state index contributed by atoms with van der Waals surface area (Å²) in [5.74, 6) is 0.528. The Balaban J connectivity index is 1.87. The van der Waals surface area contributed by atoms with E-state index < -0.39 is 0 Å². The molecule has 0 spiro atoms. The van der Waals surface area contributed by atoms with Gasteiger partial charge in [0.1, 0.15) is 0 Å². The van der Waals surface area contributed by atoms with Crippen molar-refractivity contribution in [3.05, 3.63) is 22.4 Å². The van der Waals surface area contributed by atoms with Crippen LogP contribution in [0.2, 0.25) is 0 Å². The molecule has 21 heavy (non-hydrogen) atoms. The zero-order valence-electron chi connectivity index (χ0n) is 13.3. The largest absolute Gasteiger partial charge is 0.347 e. The lowest BCUT2D eigenvalue weighted by molar-refractivity contribution is -0.123. The van der Waals surface area contributed by atoms with Gasteiger partial charge in [-0.1, -0.05) is 19.9 Å². The van der Waals surface area contributed by atoms with Gasteiger partial charge in [0.15, 0.2) is 0 Å². The number of likely N-dealkylation sites (N-methyl/N-ethyl adjacent to an activating group) is 1. The van der Waals surface area contributed by atoms with Gasteiger partial charge in [0, 0.05) is 10.9 Å². The van der Waals surface area contributed by atoms with Crippen LogP contribution in [-0.2, 0) is 4.79 Å². The molecule has 1 aromatic heterocycles. The van der Waals surface area contributed by atoms with Crippen LogP contribution in [0.5, 0.6) is 0 Å². The van der Waals surface area contributed by atoms with Gasteiger partial charge in [-0.3, -0.25) is 9.69 Å². The van der Waals surface area contributed by atoms with Gasteiger partial charge in [0.05, 0.1) is 12.6 Å². The van der Waals surface area contributed by atoms with Crippen molar-refractivity contribution in [3.8, 4) is 0 Å². The summed E-state index contributed by atoms with van der Waals surface area (Å²) in [6.45, 7) is 6.91. The molecule has 0 bridgehead atoms. The predicted octanol–water partition coefficient (Wildman–Crippen LogP) is 2.25. The van der Waals surface area contributed by atoms with E-state index in [0.717, 1.165) is 25.9 Å². The Bertz CT molecular complexity index is 427. The molecule has 0 saturated carbocycles. The Hall–Kier alpha value is -0.910. The molecule has 5 heteroatoms. The molecule has 0 aliphatic carbocycles. The van der Waals surface area contributed by atoms with Crippen LogP contribution in [0.25, 0.3) is 0 Å². The minimum absolute atomic E-state index is 0.124. The third-order valence-corrected chi connectivity index (χ3v) is 5.11. The molecule has 2 N–H and O–H groups in total. The van der Waals surface area contributed by atoms with Crippen LogP contribution in [0.1, 0.15) is 37.6 Å². The maximum absolute atomic E-state index is 12.3. The minimum atomic E-state index is 0.124. The van der Waals surface area contributed by atoms with E-state index in [1.165, 1.54) is 4.88 Å². The average Bonchev–Trinajstić information content (AvgIpc) is 2.99. The van der Waals surface area contributed by atoms with Crippen molar-refractivity contribution in [3.63, 3.8) is 0 Å². The van der Waals surface area contributed by atoms with Crippen molar-refractivity contribution in [2.75, 3.05) is 26.7 Å². The number of carbonyl (C=O) groups is 1. The van der Waals surface area contributed by atoms with Crippen molar-refractivity contribution >= 4 is 17.2 Å².